The molecule has 26 heavy (non-hydrogen) atoms. The topological polar surface area (TPSA) is 104 Å². The molecule has 0 saturated carbocycles. The molecule has 0 aliphatic rings. The van der Waals surface area contributed by atoms with E-state index in [0.717, 1.165) is 4.88 Å². The Morgan fingerprint density at radius 1 is 1.27 bits per heavy atom. The van der Waals surface area contributed by atoms with Gasteiger partial charge in [-0.15, -0.1) is 11.3 Å². The number of rotatable bonds is 5. The van der Waals surface area contributed by atoms with Gasteiger partial charge < -0.3 is 4.74 Å². The van der Waals surface area contributed by atoms with E-state index >= 15 is 0 Å². The Bertz CT molecular complexity index is 1060. The molecule has 0 bridgehead atoms. The number of esters is 1. The van der Waals surface area contributed by atoms with E-state index in [1.807, 2.05) is 6.07 Å². The maximum atomic E-state index is 12.0. The van der Waals surface area contributed by atoms with E-state index in [2.05, 4.69) is 5.10 Å². The van der Waals surface area contributed by atoms with Crippen molar-refractivity contribution in [1.29, 1.82) is 0 Å². The molecule has 0 radical (unpaired) electrons. The lowest BCUT2D eigenvalue weighted by Crippen LogP contribution is -2.12. The van der Waals surface area contributed by atoms with Crippen molar-refractivity contribution in [2.24, 2.45) is 5.14 Å². The Morgan fingerprint density at radius 2 is 1.96 bits per heavy atom. The molecule has 0 unspecified atom stereocenters. The molecule has 0 amide bonds. The number of primary sulfonamides is 1. The summed E-state index contributed by atoms with van der Waals surface area (Å²) in [4.78, 5) is 12.8. The predicted octanol–water partition coefficient (Wildman–Crippen LogP) is 3.08. The largest absolute Gasteiger partial charge is 0.461 e. The summed E-state index contributed by atoms with van der Waals surface area (Å²) in [7, 11) is -3.80. The van der Waals surface area contributed by atoms with Crippen LogP contribution in [0.25, 0.3) is 16.3 Å². The molecule has 7 nitrogen and oxygen atoms in total. The highest BCUT2D eigenvalue weighted by Gasteiger charge is 2.19. The highest BCUT2D eigenvalue weighted by Crippen LogP contribution is 2.33. The van der Waals surface area contributed by atoms with Crippen LogP contribution in [0.4, 0.5) is 0 Å². The van der Waals surface area contributed by atoms with Gasteiger partial charge in [-0.25, -0.2) is 23.0 Å². The van der Waals surface area contributed by atoms with E-state index in [-0.39, 0.29) is 17.2 Å². The lowest BCUT2D eigenvalue weighted by atomic mass is 10.3. The van der Waals surface area contributed by atoms with Crippen molar-refractivity contribution in [3.63, 3.8) is 0 Å². The van der Waals surface area contributed by atoms with Crippen LogP contribution in [0.15, 0.2) is 47.4 Å². The van der Waals surface area contributed by atoms with Crippen molar-refractivity contribution >= 4 is 38.9 Å². The Labute approximate surface area is 159 Å². The van der Waals surface area contributed by atoms with Gasteiger partial charge in [0.1, 0.15) is 0 Å². The fourth-order valence-electron chi connectivity index (χ4n) is 2.29. The summed E-state index contributed by atoms with van der Waals surface area (Å²) >= 11 is 7.35. The number of aromatic nitrogens is 2. The molecule has 1 aromatic carbocycles. The number of thiophene rings is 1. The Hall–Kier alpha value is -2.20. The van der Waals surface area contributed by atoms with Crippen LogP contribution in [0.2, 0.25) is 4.34 Å². The van der Waals surface area contributed by atoms with Gasteiger partial charge in [0.25, 0.3) is 0 Å². The maximum Gasteiger partial charge on any atom is 0.358 e. The lowest BCUT2D eigenvalue weighted by molar-refractivity contribution is 0.0519. The second-order valence-corrected chi connectivity index (χ2v) is 8.47. The Balaban J connectivity index is 2.11. The molecular weight excluding hydrogens is 398 g/mol. The van der Waals surface area contributed by atoms with Crippen LogP contribution >= 0.6 is 22.9 Å². The minimum atomic E-state index is -3.80. The summed E-state index contributed by atoms with van der Waals surface area (Å²) in [5, 5.41) is 9.42. The summed E-state index contributed by atoms with van der Waals surface area (Å²) < 4.78 is 30.0. The third-order valence-corrected chi connectivity index (χ3v) is 5.61. The number of sulfonamides is 1. The quantitative estimate of drug-likeness (QED) is 0.649. The van der Waals surface area contributed by atoms with Crippen molar-refractivity contribution < 1.29 is 17.9 Å². The monoisotopic (exact) mass is 411 g/mol. The third-order valence-electron chi connectivity index (χ3n) is 3.43. The zero-order chi connectivity index (χ0) is 18.9. The van der Waals surface area contributed by atoms with Crippen molar-refractivity contribution in [2.45, 2.75) is 11.8 Å². The zero-order valence-corrected chi connectivity index (χ0v) is 15.9. The van der Waals surface area contributed by atoms with Crippen molar-refractivity contribution in [2.75, 3.05) is 6.61 Å². The van der Waals surface area contributed by atoms with E-state index in [0.29, 0.717) is 15.7 Å². The third kappa shape index (κ3) is 3.80. The molecule has 2 aromatic heterocycles. The maximum absolute atomic E-state index is 12.0. The minimum Gasteiger partial charge on any atom is -0.461 e. The van der Waals surface area contributed by atoms with E-state index in [1.165, 1.54) is 28.2 Å². The summed E-state index contributed by atoms with van der Waals surface area (Å²) in [5.41, 5.74) is 1.34. The molecule has 0 spiro atoms. The van der Waals surface area contributed by atoms with Gasteiger partial charge in [-0.1, -0.05) is 11.6 Å². The number of carbonyl (C=O) groups is 1. The van der Waals surface area contributed by atoms with E-state index in [4.69, 9.17) is 21.5 Å². The van der Waals surface area contributed by atoms with E-state index in [1.54, 1.807) is 31.2 Å². The number of nitrogens with zero attached hydrogens (tertiary/aromatic N) is 2. The van der Waals surface area contributed by atoms with Crippen LogP contribution in [0.1, 0.15) is 17.4 Å². The number of halogens is 1. The highest BCUT2D eigenvalue weighted by molar-refractivity contribution is 7.89. The van der Waals surface area contributed by atoms with Crippen LogP contribution in [0.3, 0.4) is 0 Å². The SMILES string of the molecule is CCOC(=O)c1cc(-c2ccc(Cl)s2)n(-c2ccc(S(N)(=O)=O)cc2)n1. The van der Waals surface area contributed by atoms with Gasteiger partial charge in [0.15, 0.2) is 5.69 Å². The molecule has 0 aliphatic heterocycles. The Kier molecular flexibility index (Phi) is 5.15. The average molecular weight is 412 g/mol. The summed E-state index contributed by atoms with van der Waals surface area (Å²) in [6.45, 7) is 1.94. The van der Waals surface area contributed by atoms with Crippen molar-refractivity contribution in [3.8, 4) is 16.3 Å². The second kappa shape index (κ2) is 7.20. The van der Waals surface area contributed by atoms with Gasteiger partial charge in [0.05, 0.1) is 32.1 Å². The summed E-state index contributed by atoms with van der Waals surface area (Å²) in [6.07, 6.45) is 0. The Morgan fingerprint density at radius 3 is 2.50 bits per heavy atom. The van der Waals surface area contributed by atoms with Crippen LogP contribution in [0, 0.1) is 0 Å². The fraction of sp³-hybridized carbons (Fsp3) is 0.125. The first-order valence-corrected chi connectivity index (χ1v) is 10.2. The molecule has 136 valence electrons. The van der Waals surface area contributed by atoms with Crippen LogP contribution < -0.4 is 5.14 Å². The average Bonchev–Trinajstić information content (AvgIpc) is 3.20. The fourth-order valence-corrected chi connectivity index (χ4v) is 3.85. The van der Waals surface area contributed by atoms with Crippen LogP contribution in [-0.4, -0.2) is 30.8 Å². The minimum absolute atomic E-state index is 0.0141. The van der Waals surface area contributed by atoms with Gasteiger partial charge in [0, 0.05) is 6.07 Å². The van der Waals surface area contributed by atoms with Crippen LogP contribution in [-0.2, 0) is 14.8 Å². The van der Waals surface area contributed by atoms with E-state index in [9.17, 15) is 13.2 Å². The molecule has 0 fully saturated rings. The molecule has 3 aromatic rings. The molecule has 3 rings (SSSR count). The molecule has 0 aliphatic carbocycles. The molecule has 2 heterocycles. The molecule has 10 heteroatoms. The molecule has 0 saturated heterocycles. The van der Waals surface area contributed by atoms with Gasteiger partial charge in [-0.05, 0) is 43.3 Å². The lowest BCUT2D eigenvalue weighted by Gasteiger charge is -2.07. The first kappa shape index (κ1) is 18.6. The predicted molar refractivity (Wildman–Crippen MR) is 99.2 cm³/mol. The normalized spacial score (nSPS) is 11.5. The number of nitrogens with two attached hydrogens (primary N) is 1. The van der Waals surface area contributed by atoms with Gasteiger partial charge >= 0.3 is 5.97 Å². The zero-order valence-electron chi connectivity index (χ0n) is 13.5. The molecule has 0 atom stereocenters. The van der Waals surface area contributed by atoms with E-state index < -0.39 is 16.0 Å². The number of ether oxygens (including phenoxy) is 1. The first-order chi connectivity index (χ1) is 12.3. The summed E-state index contributed by atoms with van der Waals surface area (Å²) in [5.74, 6) is -0.545. The van der Waals surface area contributed by atoms with Gasteiger partial charge in [-0.2, -0.15) is 5.10 Å². The number of hydrogen-bond donors (Lipinski definition) is 1. The second-order valence-electron chi connectivity index (χ2n) is 5.19. The van der Waals surface area contributed by atoms with Crippen molar-refractivity contribution in [3.05, 3.63) is 52.5 Å². The smallest absolute Gasteiger partial charge is 0.358 e. The summed E-state index contributed by atoms with van der Waals surface area (Å²) in [6, 6.07) is 11.0. The molecule has 2 N–H and O–H groups in total. The standard InChI is InChI=1S/C16H14ClN3O4S2/c1-2-24-16(21)12-9-13(14-7-8-15(17)25-14)20(19-12)10-3-5-11(6-4-10)26(18,22)23/h3-9H,2H2,1H3,(H2,18,22,23). The number of benzene rings is 1. The van der Waals surface area contributed by atoms with Gasteiger partial charge in [0.2, 0.25) is 10.0 Å². The first-order valence-electron chi connectivity index (χ1n) is 7.45. The highest BCUT2D eigenvalue weighted by atomic mass is 35.5. The number of carbonyl (C=O) groups excluding carboxylic acids is 1. The van der Waals surface area contributed by atoms with Gasteiger partial charge in [-0.3, -0.25) is 0 Å². The van der Waals surface area contributed by atoms with Crippen molar-refractivity contribution in [1.82, 2.24) is 9.78 Å². The molecular formula is C16H14ClN3O4S2. The number of hydrogen-bond acceptors (Lipinski definition) is 6. The van der Waals surface area contributed by atoms with Crippen LogP contribution in [0.5, 0.6) is 0 Å².